The molecule has 2 N–H and O–H groups in total. The summed E-state index contributed by atoms with van der Waals surface area (Å²) in [5.41, 5.74) is 2.82. The van der Waals surface area contributed by atoms with Gasteiger partial charge in [-0.3, -0.25) is 4.79 Å². The standard InChI is InChI=1S/C14H22N2O2/c1-10(9-18-4)8-16-13-6-5-12(7-11(13)2)14(17)15-3/h5-7,10,16H,8-9H2,1-4H3,(H,15,17). The minimum atomic E-state index is -0.0580. The summed E-state index contributed by atoms with van der Waals surface area (Å²) in [5.74, 6) is 0.394. The molecule has 4 nitrogen and oxygen atoms in total. The molecule has 18 heavy (non-hydrogen) atoms. The number of benzene rings is 1. The highest BCUT2D eigenvalue weighted by molar-refractivity contribution is 5.94. The Labute approximate surface area is 109 Å². The van der Waals surface area contributed by atoms with E-state index in [1.807, 2.05) is 25.1 Å². The van der Waals surface area contributed by atoms with Crippen molar-refractivity contribution in [1.82, 2.24) is 5.32 Å². The second kappa shape index (κ2) is 7.01. The average Bonchev–Trinajstić information content (AvgIpc) is 2.36. The van der Waals surface area contributed by atoms with Gasteiger partial charge in [0.2, 0.25) is 0 Å². The first-order valence-corrected chi connectivity index (χ1v) is 6.14. The SMILES string of the molecule is CNC(=O)c1ccc(NCC(C)COC)c(C)c1. The number of rotatable bonds is 6. The summed E-state index contributed by atoms with van der Waals surface area (Å²) in [4.78, 5) is 11.5. The topological polar surface area (TPSA) is 50.4 Å². The number of hydrogen-bond donors (Lipinski definition) is 2. The first kappa shape index (κ1) is 14.5. The van der Waals surface area contributed by atoms with E-state index in [1.165, 1.54) is 0 Å². The molecule has 4 heteroatoms. The molecular formula is C14H22N2O2. The smallest absolute Gasteiger partial charge is 0.251 e. The van der Waals surface area contributed by atoms with E-state index in [0.29, 0.717) is 11.5 Å². The molecule has 0 aliphatic carbocycles. The van der Waals surface area contributed by atoms with Crippen LogP contribution >= 0.6 is 0 Å². The van der Waals surface area contributed by atoms with E-state index >= 15 is 0 Å². The van der Waals surface area contributed by atoms with Gasteiger partial charge in [-0.2, -0.15) is 0 Å². The zero-order valence-corrected chi connectivity index (χ0v) is 11.5. The molecule has 0 spiro atoms. The molecule has 1 amide bonds. The number of ether oxygens (including phenoxy) is 1. The highest BCUT2D eigenvalue weighted by Gasteiger charge is 2.07. The number of carbonyl (C=O) groups is 1. The van der Waals surface area contributed by atoms with Crippen LogP contribution in [0.15, 0.2) is 18.2 Å². The van der Waals surface area contributed by atoms with Crippen molar-refractivity contribution >= 4 is 11.6 Å². The van der Waals surface area contributed by atoms with E-state index in [4.69, 9.17) is 4.74 Å². The summed E-state index contributed by atoms with van der Waals surface area (Å²) in [6, 6.07) is 5.66. The fourth-order valence-corrected chi connectivity index (χ4v) is 1.78. The van der Waals surface area contributed by atoms with Crippen LogP contribution < -0.4 is 10.6 Å². The molecule has 1 rings (SSSR count). The van der Waals surface area contributed by atoms with Gasteiger partial charge in [0.25, 0.3) is 5.91 Å². The molecule has 0 saturated carbocycles. The Morgan fingerprint density at radius 1 is 1.44 bits per heavy atom. The lowest BCUT2D eigenvalue weighted by atomic mass is 10.1. The van der Waals surface area contributed by atoms with Crippen LogP contribution in [0.5, 0.6) is 0 Å². The second-order valence-electron chi connectivity index (χ2n) is 4.55. The lowest BCUT2D eigenvalue weighted by Crippen LogP contribution is -2.19. The monoisotopic (exact) mass is 250 g/mol. The summed E-state index contributed by atoms with van der Waals surface area (Å²) in [6.07, 6.45) is 0. The molecule has 0 fully saturated rings. The Morgan fingerprint density at radius 2 is 2.17 bits per heavy atom. The van der Waals surface area contributed by atoms with E-state index in [2.05, 4.69) is 17.6 Å². The molecule has 0 aliphatic heterocycles. The molecule has 1 unspecified atom stereocenters. The van der Waals surface area contributed by atoms with Crippen LogP contribution in [0, 0.1) is 12.8 Å². The third kappa shape index (κ3) is 4.04. The average molecular weight is 250 g/mol. The largest absolute Gasteiger partial charge is 0.384 e. The Morgan fingerprint density at radius 3 is 2.72 bits per heavy atom. The first-order chi connectivity index (χ1) is 8.58. The maximum atomic E-state index is 11.5. The fraction of sp³-hybridized carbons (Fsp3) is 0.500. The molecule has 1 atom stereocenters. The zero-order valence-electron chi connectivity index (χ0n) is 11.5. The minimum absolute atomic E-state index is 0.0580. The van der Waals surface area contributed by atoms with Crippen molar-refractivity contribution in [1.29, 1.82) is 0 Å². The molecule has 0 aliphatic rings. The van der Waals surface area contributed by atoms with Crippen molar-refractivity contribution in [3.8, 4) is 0 Å². The number of hydrogen-bond acceptors (Lipinski definition) is 3. The number of nitrogens with one attached hydrogen (secondary N) is 2. The number of anilines is 1. The summed E-state index contributed by atoms with van der Waals surface area (Å²) in [7, 11) is 3.34. The van der Waals surface area contributed by atoms with Gasteiger partial charge in [0.1, 0.15) is 0 Å². The normalized spacial score (nSPS) is 12.0. The van der Waals surface area contributed by atoms with Gasteiger partial charge in [-0.05, 0) is 36.6 Å². The Kier molecular flexibility index (Phi) is 5.65. The molecule has 0 heterocycles. The van der Waals surface area contributed by atoms with Crippen LogP contribution in [-0.2, 0) is 4.74 Å². The van der Waals surface area contributed by atoms with Crippen LogP contribution in [0.3, 0.4) is 0 Å². The molecule has 0 saturated heterocycles. The van der Waals surface area contributed by atoms with E-state index in [0.717, 1.165) is 24.4 Å². The molecular weight excluding hydrogens is 228 g/mol. The van der Waals surface area contributed by atoms with Gasteiger partial charge in [0, 0.05) is 32.0 Å². The summed E-state index contributed by atoms with van der Waals surface area (Å²) in [6.45, 7) is 5.72. The van der Waals surface area contributed by atoms with Crippen LogP contribution in [0.1, 0.15) is 22.8 Å². The molecule has 0 aromatic heterocycles. The number of carbonyl (C=O) groups excluding carboxylic acids is 1. The van der Waals surface area contributed by atoms with Crippen molar-refractivity contribution < 1.29 is 9.53 Å². The molecule has 1 aromatic rings. The third-order valence-electron chi connectivity index (χ3n) is 2.81. The number of aryl methyl sites for hydroxylation is 1. The quantitative estimate of drug-likeness (QED) is 0.812. The zero-order chi connectivity index (χ0) is 13.5. The predicted molar refractivity (Wildman–Crippen MR) is 74.1 cm³/mol. The van der Waals surface area contributed by atoms with Gasteiger partial charge in [-0.15, -0.1) is 0 Å². The van der Waals surface area contributed by atoms with Gasteiger partial charge < -0.3 is 15.4 Å². The summed E-state index contributed by atoms with van der Waals surface area (Å²) in [5, 5.41) is 5.99. The summed E-state index contributed by atoms with van der Waals surface area (Å²) < 4.78 is 5.09. The van der Waals surface area contributed by atoms with Crippen molar-refractivity contribution in [3.05, 3.63) is 29.3 Å². The maximum Gasteiger partial charge on any atom is 0.251 e. The fourth-order valence-electron chi connectivity index (χ4n) is 1.78. The predicted octanol–water partition coefficient (Wildman–Crippen LogP) is 2.05. The van der Waals surface area contributed by atoms with Crippen LogP contribution in [0.25, 0.3) is 0 Å². The lowest BCUT2D eigenvalue weighted by Gasteiger charge is -2.15. The molecule has 0 radical (unpaired) electrons. The first-order valence-electron chi connectivity index (χ1n) is 6.14. The van der Waals surface area contributed by atoms with Crippen molar-refractivity contribution in [2.24, 2.45) is 5.92 Å². The molecule has 1 aromatic carbocycles. The van der Waals surface area contributed by atoms with E-state index in [9.17, 15) is 4.79 Å². The highest BCUT2D eigenvalue weighted by atomic mass is 16.5. The number of amides is 1. The van der Waals surface area contributed by atoms with Crippen molar-refractivity contribution in [2.75, 3.05) is 32.6 Å². The van der Waals surface area contributed by atoms with E-state index < -0.39 is 0 Å². The lowest BCUT2D eigenvalue weighted by molar-refractivity contribution is 0.0963. The van der Waals surface area contributed by atoms with Gasteiger partial charge in [-0.25, -0.2) is 0 Å². The molecule has 100 valence electrons. The third-order valence-corrected chi connectivity index (χ3v) is 2.81. The van der Waals surface area contributed by atoms with Gasteiger partial charge in [0.15, 0.2) is 0 Å². The summed E-state index contributed by atoms with van der Waals surface area (Å²) >= 11 is 0. The second-order valence-corrected chi connectivity index (χ2v) is 4.55. The highest BCUT2D eigenvalue weighted by Crippen LogP contribution is 2.17. The Hall–Kier alpha value is -1.55. The Bertz CT molecular complexity index is 405. The van der Waals surface area contributed by atoms with Gasteiger partial charge in [-0.1, -0.05) is 6.92 Å². The number of methoxy groups -OCH3 is 1. The molecule has 0 bridgehead atoms. The maximum absolute atomic E-state index is 11.5. The minimum Gasteiger partial charge on any atom is -0.384 e. The van der Waals surface area contributed by atoms with Crippen LogP contribution in [0.4, 0.5) is 5.69 Å². The van der Waals surface area contributed by atoms with Crippen LogP contribution in [0.2, 0.25) is 0 Å². The van der Waals surface area contributed by atoms with Gasteiger partial charge in [0.05, 0.1) is 6.61 Å². The van der Waals surface area contributed by atoms with Crippen molar-refractivity contribution in [3.63, 3.8) is 0 Å². The van der Waals surface area contributed by atoms with Crippen molar-refractivity contribution in [2.45, 2.75) is 13.8 Å². The Balaban J connectivity index is 2.65. The van der Waals surface area contributed by atoms with Crippen LogP contribution in [-0.4, -0.2) is 33.2 Å². The van der Waals surface area contributed by atoms with E-state index in [-0.39, 0.29) is 5.91 Å². The van der Waals surface area contributed by atoms with E-state index in [1.54, 1.807) is 14.2 Å². The van der Waals surface area contributed by atoms with Gasteiger partial charge >= 0.3 is 0 Å².